The summed E-state index contributed by atoms with van der Waals surface area (Å²) in [5.74, 6) is 0. The number of hydrogen-bond donors (Lipinski definition) is 0. The summed E-state index contributed by atoms with van der Waals surface area (Å²) >= 11 is 0. The van der Waals surface area contributed by atoms with Gasteiger partial charge in [-0.1, -0.05) is 42.5 Å². The fourth-order valence-electron chi connectivity index (χ4n) is 3.34. The zero-order chi connectivity index (χ0) is 18.9. The van der Waals surface area contributed by atoms with E-state index in [-0.39, 0.29) is 12.3 Å². The van der Waals surface area contributed by atoms with Crippen molar-refractivity contribution in [2.24, 2.45) is 0 Å². The number of allylic oxidation sites excluding steroid dienone is 2. The maximum Gasteiger partial charge on any atom is 0.410 e. The molecule has 0 amide bonds. The average molecular weight is 359 g/mol. The maximum atomic E-state index is 13.0. The lowest BCUT2D eigenvalue weighted by molar-refractivity contribution is -0.0793. The van der Waals surface area contributed by atoms with E-state index in [4.69, 9.17) is 4.74 Å². The highest BCUT2D eigenvalue weighted by atomic mass is 19.4. The molecule has 0 bridgehead atoms. The Balaban J connectivity index is 2.43. The summed E-state index contributed by atoms with van der Waals surface area (Å²) in [5, 5.41) is 0.782. The van der Waals surface area contributed by atoms with Crippen LogP contribution >= 0.6 is 0 Å². The van der Waals surface area contributed by atoms with Gasteiger partial charge in [0.2, 0.25) is 0 Å². The SMILES string of the molecule is COCn1c(-c2ccccc2)c(/C(C)=C/C(F)(F)F)c2ccc(C)cc21. The number of rotatable bonds is 4. The Kier molecular flexibility index (Phi) is 4.92. The Labute approximate surface area is 150 Å². The number of alkyl halides is 3. The highest BCUT2D eigenvalue weighted by Crippen LogP contribution is 2.39. The van der Waals surface area contributed by atoms with Crippen LogP contribution in [0.3, 0.4) is 0 Å². The first-order valence-electron chi connectivity index (χ1n) is 8.25. The molecule has 2 nitrogen and oxygen atoms in total. The van der Waals surface area contributed by atoms with E-state index in [1.54, 1.807) is 7.11 Å². The largest absolute Gasteiger partial charge is 0.410 e. The summed E-state index contributed by atoms with van der Waals surface area (Å²) in [4.78, 5) is 0. The molecule has 0 aliphatic rings. The van der Waals surface area contributed by atoms with Gasteiger partial charge in [0, 0.05) is 24.1 Å². The molecule has 3 aromatic rings. The topological polar surface area (TPSA) is 14.2 Å². The van der Waals surface area contributed by atoms with Crippen LogP contribution in [-0.2, 0) is 11.5 Å². The van der Waals surface area contributed by atoms with Crippen molar-refractivity contribution >= 4 is 16.5 Å². The Morgan fingerprint density at radius 1 is 1.12 bits per heavy atom. The molecule has 0 unspecified atom stereocenters. The van der Waals surface area contributed by atoms with E-state index >= 15 is 0 Å². The monoisotopic (exact) mass is 359 g/mol. The Morgan fingerprint density at radius 3 is 2.42 bits per heavy atom. The number of fused-ring (bicyclic) bond motifs is 1. The molecule has 1 aromatic heterocycles. The van der Waals surface area contributed by atoms with E-state index in [0.29, 0.717) is 11.6 Å². The van der Waals surface area contributed by atoms with Crippen LogP contribution in [0.25, 0.3) is 27.7 Å². The van der Waals surface area contributed by atoms with Crippen molar-refractivity contribution in [2.45, 2.75) is 26.8 Å². The summed E-state index contributed by atoms with van der Waals surface area (Å²) in [6, 6.07) is 15.2. The lowest BCUT2D eigenvalue weighted by Gasteiger charge is -2.13. The average Bonchev–Trinajstić information content (AvgIpc) is 2.88. The highest BCUT2D eigenvalue weighted by Gasteiger charge is 2.27. The van der Waals surface area contributed by atoms with Gasteiger partial charge < -0.3 is 9.30 Å². The first-order valence-corrected chi connectivity index (χ1v) is 8.25. The standard InChI is InChI=1S/C21H20F3NO/c1-14-9-10-17-18(11-14)25(13-26-3)20(16-7-5-4-6-8-16)19(17)15(2)12-21(22,23)24/h4-12H,13H2,1-3H3/b15-12+. The highest BCUT2D eigenvalue weighted by molar-refractivity contribution is 6.00. The van der Waals surface area contributed by atoms with Crippen LogP contribution in [0.1, 0.15) is 18.1 Å². The minimum absolute atomic E-state index is 0.181. The molecule has 0 aliphatic carbocycles. The van der Waals surface area contributed by atoms with E-state index in [1.807, 2.05) is 60.0 Å². The third-order valence-electron chi connectivity index (χ3n) is 4.30. The lowest BCUT2D eigenvalue weighted by atomic mass is 9.98. The number of benzene rings is 2. The molecule has 0 fully saturated rings. The van der Waals surface area contributed by atoms with Crippen molar-refractivity contribution in [3.05, 3.63) is 65.7 Å². The van der Waals surface area contributed by atoms with Crippen molar-refractivity contribution < 1.29 is 17.9 Å². The minimum Gasteiger partial charge on any atom is -0.364 e. The first kappa shape index (κ1) is 18.3. The third kappa shape index (κ3) is 3.53. The van der Waals surface area contributed by atoms with Gasteiger partial charge in [-0.15, -0.1) is 0 Å². The predicted molar refractivity (Wildman–Crippen MR) is 98.8 cm³/mol. The fourth-order valence-corrected chi connectivity index (χ4v) is 3.34. The molecule has 5 heteroatoms. The molecule has 26 heavy (non-hydrogen) atoms. The van der Waals surface area contributed by atoms with Gasteiger partial charge in [-0.2, -0.15) is 13.2 Å². The van der Waals surface area contributed by atoms with Gasteiger partial charge in [0.05, 0.1) is 11.2 Å². The molecule has 2 aromatic carbocycles. The summed E-state index contributed by atoms with van der Waals surface area (Å²) in [6.45, 7) is 3.72. The number of hydrogen-bond acceptors (Lipinski definition) is 1. The van der Waals surface area contributed by atoms with E-state index in [2.05, 4.69) is 0 Å². The minimum atomic E-state index is -4.38. The van der Waals surface area contributed by atoms with Gasteiger partial charge in [-0.3, -0.25) is 0 Å². The van der Waals surface area contributed by atoms with Crippen LogP contribution in [0.2, 0.25) is 0 Å². The second-order valence-electron chi connectivity index (χ2n) is 6.33. The molecule has 0 saturated carbocycles. The van der Waals surface area contributed by atoms with Crippen LogP contribution in [0.5, 0.6) is 0 Å². The van der Waals surface area contributed by atoms with E-state index in [9.17, 15) is 13.2 Å². The van der Waals surface area contributed by atoms with Gasteiger partial charge in [-0.05, 0) is 36.6 Å². The molecule has 0 spiro atoms. The molecule has 0 saturated heterocycles. The zero-order valence-electron chi connectivity index (χ0n) is 14.9. The summed E-state index contributed by atoms with van der Waals surface area (Å²) in [7, 11) is 1.58. The van der Waals surface area contributed by atoms with Gasteiger partial charge in [0.15, 0.2) is 0 Å². The molecule has 0 atom stereocenters. The second kappa shape index (κ2) is 7.00. The van der Waals surface area contributed by atoms with Crippen LogP contribution in [-0.4, -0.2) is 17.9 Å². The summed E-state index contributed by atoms with van der Waals surface area (Å²) in [6.07, 6.45) is -4.01. The normalized spacial score (nSPS) is 12.8. The number of methoxy groups -OCH3 is 1. The lowest BCUT2D eigenvalue weighted by Crippen LogP contribution is -2.04. The van der Waals surface area contributed by atoms with Crippen molar-refractivity contribution in [1.82, 2.24) is 4.57 Å². The van der Waals surface area contributed by atoms with Crippen LogP contribution in [0, 0.1) is 6.92 Å². The van der Waals surface area contributed by atoms with Crippen LogP contribution in [0.15, 0.2) is 54.6 Å². The van der Waals surface area contributed by atoms with E-state index in [1.165, 1.54) is 6.92 Å². The molecule has 136 valence electrons. The molecule has 0 N–H and O–H groups in total. The number of ether oxygens (including phenoxy) is 1. The van der Waals surface area contributed by atoms with Crippen molar-refractivity contribution in [3.63, 3.8) is 0 Å². The van der Waals surface area contributed by atoms with E-state index in [0.717, 1.165) is 27.7 Å². The zero-order valence-corrected chi connectivity index (χ0v) is 14.9. The number of halogens is 3. The van der Waals surface area contributed by atoms with Crippen LogP contribution in [0.4, 0.5) is 13.2 Å². The molecule has 3 rings (SSSR count). The Bertz CT molecular complexity index is 953. The molecular weight excluding hydrogens is 339 g/mol. The van der Waals surface area contributed by atoms with Crippen molar-refractivity contribution in [1.29, 1.82) is 0 Å². The van der Waals surface area contributed by atoms with Crippen molar-refractivity contribution in [2.75, 3.05) is 7.11 Å². The fraction of sp³-hybridized carbons (Fsp3) is 0.238. The first-order chi connectivity index (χ1) is 12.3. The number of aryl methyl sites for hydroxylation is 1. The number of nitrogens with zero attached hydrogens (tertiary/aromatic N) is 1. The second-order valence-corrected chi connectivity index (χ2v) is 6.33. The van der Waals surface area contributed by atoms with Gasteiger partial charge in [0.1, 0.15) is 6.73 Å². The molecule has 0 radical (unpaired) electrons. The van der Waals surface area contributed by atoms with Gasteiger partial charge >= 0.3 is 6.18 Å². The molecule has 0 aliphatic heterocycles. The van der Waals surface area contributed by atoms with Gasteiger partial charge in [-0.25, -0.2) is 0 Å². The predicted octanol–water partition coefficient (Wildman–Crippen LogP) is 6.19. The third-order valence-corrected chi connectivity index (χ3v) is 4.30. The van der Waals surface area contributed by atoms with E-state index < -0.39 is 6.18 Å². The van der Waals surface area contributed by atoms with Crippen molar-refractivity contribution in [3.8, 4) is 11.3 Å². The molecular formula is C21H20F3NO. The molecule has 1 heterocycles. The smallest absolute Gasteiger partial charge is 0.364 e. The number of aromatic nitrogens is 1. The quantitative estimate of drug-likeness (QED) is 0.542. The Morgan fingerprint density at radius 2 is 1.81 bits per heavy atom. The van der Waals surface area contributed by atoms with Gasteiger partial charge in [0.25, 0.3) is 0 Å². The van der Waals surface area contributed by atoms with Crippen LogP contribution < -0.4 is 0 Å². The Hall–Kier alpha value is -2.53. The summed E-state index contributed by atoms with van der Waals surface area (Å²) in [5.41, 5.74) is 4.24. The maximum absolute atomic E-state index is 13.0. The summed E-state index contributed by atoms with van der Waals surface area (Å²) < 4.78 is 46.4.